The van der Waals surface area contributed by atoms with Crippen LogP contribution in [0.5, 0.6) is 5.75 Å². The van der Waals surface area contributed by atoms with E-state index in [9.17, 15) is 0 Å². The molecule has 0 spiro atoms. The number of benzene rings is 1. The van der Waals surface area contributed by atoms with Crippen LogP contribution >= 0.6 is 0 Å². The highest BCUT2D eigenvalue weighted by Gasteiger charge is 2.05. The van der Waals surface area contributed by atoms with Gasteiger partial charge in [-0.15, -0.1) is 0 Å². The first-order valence-electron chi connectivity index (χ1n) is 6.55. The summed E-state index contributed by atoms with van der Waals surface area (Å²) >= 11 is 0. The van der Waals surface area contributed by atoms with Gasteiger partial charge in [0.05, 0.1) is 12.1 Å². The first kappa shape index (κ1) is 12.7. The van der Waals surface area contributed by atoms with Gasteiger partial charge in [-0.3, -0.25) is 4.98 Å². The van der Waals surface area contributed by atoms with Crippen molar-refractivity contribution in [3.63, 3.8) is 0 Å². The van der Waals surface area contributed by atoms with E-state index in [4.69, 9.17) is 9.15 Å². The molecule has 0 radical (unpaired) electrons. The molecular formula is C16H16N2O2. The zero-order valence-corrected chi connectivity index (χ0v) is 11.3. The van der Waals surface area contributed by atoms with E-state index in [0.717, 1.165) is 34.7 Å². The molecule has 0 aliphatic heterocycles. The van der Waals surface area contributed by atoms with Crippen molar-refractivity contribution in [1.82, 2.24) is 10.3 Å². The van der Waals surface area contributed by atoms with E-state index in [2.05, 4.69) is 10.3 Å². The lowest BCUT2D eigenvalue weighted by molar-refractivity contribution is 0.268. The van der Waals surface area contributed by atoms with Crippen LogP contribution in [0.1, 0.15) is 11.5 Å². The van der Waals surface area contributed by atoms with Gasteiger partial charge in [0.2, 0.25) is 0 Å². The first-order valence-corrected chi connectivity index (χ1v) is 6.55. The van der Waals surface area contributed by atoms with Crippen molar-refractivity contribution in [2.45, 2.75) is 13.2 Å². The Balaban J connectivity index is 1.76. The summed E-state index contributed by atoms with van der Waals surface area (Å²) in [6, 6.07) is 13.7. The van der Waals surface area contributed by atoms with Crippen LogP contribution in [0.25, 0.3) is 10.9 Å². The molecule has 0 unspecified atom stereocenters. The maximum absolute atomic E-state index is 5.84. The van der Waals surface area contributed by atoms with E-state index in [1.165, 1.54) is 0 Å². The molecule has 0 saturated carbocycles. The molecule has 0 aliphatic carbocycles. The summed E-state index contributed by atoms with van der Waals surface area (Å²) in [5.41, 5.74) is 0.931. The molecule has 0 amide bonds. The standard InChI is InChI=1S/C16H16N2O2/c1-17-10-12-7-8-13(20-12)11-19-16-6-2-5-15-14(16)4-3-9-18-15/h2-9,17H,10-11H2,1H3. The Bertz CT molecular complexity index is 701. The molecular weight excluding hydrogens is 252 g/mol. The predicted molar refractivity (Wildman–Crippen MR) is 77.5 cm³/mol. The number of furan rings is 1. The Kier molecular flexibility index (Phi) is 3.65. The average Bonchev–Trinajstić information content (AvgIpc) is 2.93. The van der Waals surface area contributed by atoms with Crippen molar-refractivity contribution in [1.29, 1.82) is 0 Å². The lowest BCUT2D eigenvalue weighted by Gasteiger charge is -2.07. The number of ether oxygens (including phenoxy) is 1. The number of hydrogen-bond acceptors (Lipinski definition) is 4. The van der Waals surface area contributed by atoms with Gasteiger partial charge in [-0.1, -0.05) is 6.07 Å². The Labute approximate surface area is 117 Å². The minimum atomic E-state index is 0.414. The molecule has 0 bridgehead atoms. The van der Waals surface area contributed by atoms with Crippen molar-refractivity contribution in [3.05, 3.63) is 60.2 Å². The second-order valence-electron chi connectivity index (χ2n) is 4.51. The minimum absolute atomic E-state index is 0.414. The highest BCUT2D eigenvalue weighted by molar-refractivity contribution is 5.84. The Morgan fingerprint density at radius 1 is 1.10 bits per heavy atom. The summed E-state index contributed by atoms with van der Waals surface area (Å²) in [5, 5.41) is 4.06. The third kappa shape index (κ3) is 2.65. The van der Waals surface area contributed by atoms with Crippen LogP contribution in [0.15, 0.2) is 53.1 Å². The molecule has 3 rings (SSSR count). The summed E-state index contributed by atoms with van der Waals surface area (Å²) in [6.45, 7) is 1.13. The predicted octanol–water partition coefficient (Wildman–Crippen LogP) is 3.13. The van der Waals surface area contributed by atoms with Crippen LogP contribution in [0, 0.1) is 0 Å². The number of rotatable bonds is 5. The van der Waals surface area contributed by atoms with Gasteiger partial charge in [0.1, 0.15) is 23.9 Å². The topological polar surface area (TPSA) is 47.3 Å². The van der Waals surface area contributed by atoms with Crippen LogP contribution in [0.3, 0.4) is 0 Å². The maximum Gasteiger partial charge on any atom is 0.146 e. The highest BCUT2D eigenvalue weighted by Crippen LogP contribution is 2.24. The smallest absolute Gasteiger partial charge is 0.146 e. The summed E-state index contributed by atoms with van der Waals surface area (Å²) < 4.78 is 11.5. The van der Waals surface area contributed by atoms with Gasteiger partial charge in [-0.2, -0.15) is 0 Å². The number of nitrogens with zero attached hydrogens (tertiary/aromatic N) is 1. The fourth-order valence-electron chi connectivity index (χ4n) is 2.12. The quantitative estimate of drug-likeness (QED) is 0.772. The van der Waals surface area contributed by atoms with Crippen molar-refractivity contribution in [3.8, 4) is 5.75 Å². The fraction of sp³-hybridized carbons (Fsp3) is 0.188. The summed E-state index contributed by atoms with van der Waals surface area (Å²) in [4.78, 5) is 4.31. The van der Waals surface area contributed by atoms with Gasteiger partial charge in [-0.25, -0.2) is 0 Å². The second kappa shape index (κ2) is 5.75. The van der Waals surface area contributed by atoms with Crippen LogP contribution in [0.2, 0.25) is 0 Å². The lowest BCUT2D eigenvalue weighted by atomic mass is 10.2. The highest BCUT2D eigenvalue weighted by atomic mass is 16.5. The molecule has 102 valence electrons. The number of hydrogen-bond donors (Lipinski definition) is 1. The number of pyridine rings is 1. The molecule has 3 aromatic rings. The zero-order valence-electron chi connectivity index (χ0n) is 11.3. The zero-order chi connectivity index (χ0) is 13.8. The summed E-state index contributed by atoms with van der Waals surface area (Å²) in [6.07, 6.45) is 1.78. The average molecular weight is 268 g/mol. The molecule has 0 saturated heterocycles. The molecule has 0 atom stereocenters. The van der Waals surface area contributed by atoms with Crippen LogP contribution in [0.4, 0.5) is 0 Å². The van der Waals surface area contributed by atoms with Gasteiger partial charge in [0.25, 0.3) is 0 Å². The van der Waals surface area contributed by atoms with Crippen molar-refractivity contribution in [2.24, 2.45) is 0 Å². The molecule has 0 aliphatic rings. The van der Waals surface area contributed by atoms with Gasteiger partial charge in [0.15, 0.2) is 0 Å². The molecule has 1 N–H and O–H groups in total. The SMILES string of the molecule is CNCc1ccc(COc2cccc3ncccc23)o1. The molecule has 2 heterocycles. The first-order chi connectivity index (χ1) is 9.86. The number of nitrogens with one attached hydrogen (secondary N) is 1. The van der Waals surface area contributed by atoms with Gasteiger partial charge in [0, 0.05) is 11.6 Å². The largest absolute Gasteiger partial charge is 0.485 e. The molecule has 2 aromatic heterocycles. The van der Waals surface area contributed by atoms with E-state index in [1.807, 2.05) is 49.5 Å². The van der Waals surface area contributed by atoms with E-state index in [1.54, 1.807) is 6.20 Å². The van der Waals surface area contributed by atoms with Crippen molar-refractivity contribution in [2.75, 3.05) is 7.05 Å². The molecule has 0 fully saturated rings. The monoisotopic (exact) mass is 268 g/mol. The molecule has 20 heavy (non-hydrogen) atoms. The molecule has 1 aromatic carbocycles. The second-order valence-corrected chi connectivity index (χ2v) is 4.51. The lowest BCUT2D eigenvalue weighted by Crippen LogP contribution is -2.03. The Morgan fingerprint density at radius 3 is 2.90 bits per heavy atom. The molecule has 4 nitrogen and oxygen atoms in total. The summed E-state index contributed by atoms with van der Waals surface area (Å²) in [7, 11) is 1.89. The third-order valence-corrected chi connectivity index (χ3v) is 3.04. The van der Waals surface area contributed by atoms with Crippen LogP contribution in [-0.4, -0.2) is 12.0 Å². The Morgan fingerprint density at radius 2 is 2.00 bits per heavy atom. The van der Waals surface area contributed by atoms with Gasteiger partial charge < -0.3 is 14.5 Å². The maximum atomic E-state index is 5.84. The Hall–Kier alpha value is -2.33. The van der Waals surface area contributed by atoms with Crippen molar-refractivity contribution < 1.29 is 9.15 Å². The van der Waals surface area contributed by atoms with E-state index in [0.29, 0.717) is 6.61 Å². The van der Waals surface area contributed by atoms with Gasteiger partial charge >= 0.3 is 0 Å². The number of fused-ring (bicyclic) bond motifs is 1. The van der Waals surface area contributed by atoms with Crippen LogP contribution in [-0.2, 0) is 13.2 Å². The minimum Gasteiger partial charge on any atom is -0.485 e. The number of aromatic nitrogens is 1. The van der Waals surface area contributed by atoms with Crippen LogP contribution < -0.4 is 10.1 Å². The normalized spacial score (nSPS) is 10.8. The van der Waals surface area contributed by atoms with E-state index >= 15 is 0 Å². The fourth-order valence-corrected chi connectivity index (χ4v) is 2.12. The molecule has 4 heteroatoms. The van der Waals surface area contributed by atoms with Crippen molar-refractivity contribution >= 4 is 10.9 Å². The summed E-state index contributed by atoms with van der Waals surface area (Å²) in [5.74, 6) is 2.55. The third-order valence-electron chi connectivity index (χ3n) is 3.04. The van der Waals surface area contributed by atoms with E-state index < -0.39 is 0 Å². The van der Waals surface area contributed by atoms with Gasteiger partial charge in [-0.05, 0) is 43.4 Å². The van der Waals surface area contributed by atoms with E-state index in [-0.39, 0.29) is 0 Å².